The van der Waals surface area contributed by atoms with Crippen molar-refractivity contribution in [1.82, 2.24) is 9.71 Å². The first-order valence-corrected chi connectivity index (χ1v) is 9.79. The predicted molar refractivity (Wildman–Crippen MR) is 93.5 cm³/mol. The summed E-state index contributed by atoms with van der Waals surface area (Å²) < 4.78 is 32.0. The number of sulfonamides is 1. The molecule has 2 heterocycles. The molecular formula is C17H17ClN2O4S. The molecule has 2 aromatic rings. The van der Waals surface area contributed by atoms with Gasteiger partial charge in [-0.3, -0.25) is 9.52 Å². The van der Waals surface area contributed by atoms with E-state index in [0.717, 1.165) is 17.5 Å². The Bertz CT molecular complexity index is 868. The largest absolute Gasteiger partial charge is 0.373 e. The summed E-state index contributed by atoms with van der Waals surface area (Å²) in [6.45, 7) is 0.512. The summed E-state index contributed by atoms with van der Waals surface area (Å²) in [5.74, 6) is -0.936. The van der Waals surface area contributed by atoms with Gasteiger partial charge in [-0.05, 0) is 29.2 Å². The second-order valence-corrected chi connectivity index (χ2v) is 7.90. The predicted octanol–water partition coefficient (Wildman–Crippen LogP) is 2.39. The number of fused-ring (bicyclic) bond motifs is 1. The van der Waals surface area contributed by atoms with E-state index in [1.165, 1.54) is 12.3 Å². The quantitative estimate of drug-likeness (QED) is 0.805. The molecular weight excluding hydrogens is 364 g/mol. The van der Waals surface area contributed by atoms with Gasteiger partial charge < -0.3 is 4.74 Å². The summed E-state index contributed by atoms with van der Waals surface area (Å²) >= 11 is 5.67. The first-order valence-electron chi connectivity index (χ1n) is 7.76. The van der Waals surface area contributed by atoms with E-state index in [1.807, 2.05) is 24.3 Å². The monoisotopic (exact) mass is 380 g/mol. The minimum Gasteiger partial charge on any atom is -0.373 e. The highest BCUT2D eigenvalue weighted by atomic mass is 35.5. The molecule has 0 saturated heterocycles. The van der Waals surface area contributed by atoms with Gasteiger partial charge >= 0.3 is 0 Å². The van der Waals surface area contributed by atoms with Gasteiger partial charge in [-0.15, -0.1) is 0 Å². The molecule has 8 heteroatoms. The Morgan fingerprint density at radius 1 is 1.28 bits per heavy atom. The summed E-state index contributed by atoms with van der Waals surface area (Å²) in [7, 11) is -3.81. The highest BCUT2D eigenvalue weighted by Gasteiger charge is 2.25. The van der Waals surface area contributed by atoms with Crippen molar-refractivity contribution in [3.05, 3.63) is 64.4 Å². The average Bonchev–Trinajstić information content (AvgIpc) is 2.56. The Labute approximate surface area is 151 Å². The maximum absolute atomic E-state index is 12.2. The van der Waals surface area contributed by atoms with Crippen molar-refractivity contribution < 1.29 is 17.9 Å². The molecule has 0 fully saturated rings. The van der Waals surface area contributed by atoms with Crippen molar-refractivity contribution in [2.45, 2.75) is 24.7 Å². The summed E-state index contributed by atoms with van der Waals surface area (Å²) in [5, 5.41) is 0.276. The summed E-state index contributed by atoms with van der Waals surface area (Å²) in [5.41, 5.74) is 2.51. The minimum absolute atomic E-state index is 0.0465. The van der Waals surface area contributed by atoms with Crippen LogP contribution in [0.4, 0.5) is 0 Å². The van der Waals surface area contributed by atoms with E-state index in [9.17, 15) is 13.2 Å². The molecule has 132 valence electrons. The molecule has 0 aliphatic carbocycles. The maximum atomic E-state index is 12.2. The number of rotatable bonds is 5. The van der Waals surface area contributed by atoms with Crippen LogP contribution in [0.1, 0.15) is 29.2 Å². The lowest BCUT2D eigenvalue weighted by molar-refractivity contribution is -0.122. The van der Waals surface area contributed by atoms with Crippen molar-refractivity contribution in [1.29, 1.82) is 0 Å². The van der Waals surface area contributed by atoms with Crippen molar-refractivity contribution in [2.24, 2.45) is 0 Å². The van der Waals surface area contributed by atoms with Crippen LogP contribution in [0, 0.1) is 0 Å². The van der Waals surface area contributed by atoms with Gasteiger partial charge in [0.05, 0.1) is 24.9 Å². The Balaban J connectivity index is 1.63. The van der Waals surface area contributed by atoms with E-state index in [-0.39, 0.29) is 17.3 Å². The molecule has 0 radical (unpaired) electrons. The van der Waals surface area contributed by atoms with Crippen molar-refractivity contribution in [3.63, 3.8) is 0 Å². The molecule has 1 amide bonds. The number of pyridine rings is 1. The number of hydrogen-bond acceptors (Lipinski definition) is 5. The molecule has 1 aromatic heterocycles. The topological polar surface area (TPSA) is 85.4 Å². The summed E-state index contributed by atoms with van der Waals surface area (Å²) in [6, 6.07) is 10.8. The Morgan fingerprint density at radius 3 is 2.84 bits per heavy atom. The van der Waals surface area contributed by atoms with Gasteiger partial charge in [0.1, 0.15) is 5.15 Å². The van der Waals surface area contributed by atoms with Crippen LogP contribution >= 0.6 is 11.6 Å². The third kappa shape index (κ3) is 4.78. The van der Waals surface area contributed by atoms with Crippen molar-refractivity contribution >= 4 is 27.5 Å². The number of amides is 1. The van der Waals surface area contributed by atoms with Crippen LogP contribution in [0.3, 0.4) is 0 Å². The van der Waals surface area contributed by atoms with Crippen molar-refractivity contribution in [3.8, 4) is 0 Å². The van der Waals surface area contributed by atoms with E-state index in [0.29, 0.717) is 12.2 Å². The molecule has 3 rings (SSSR count). The smallest absolute Gasteiger partial charge is 0.239 e. The van der Waals surface area contributed by atoms with E-state index >= 15 is 0 Å². The normalized spacial score (nSPS) is 16.9. The Hall–Kier alpha value is -1.96. The molecule has 25 heavy (non-hydrogen) atoms. The summed E-state index contributed by atoms with van der Waals surface area (Å²) in [4.78, 5) is 16.0. The van der Waals surface area contributed by atoms with Crippen LogP contribution in [0.5, 0.6) is 0 Å². The van der Waals surface area contributed by atoms with Gasteiger partial charge in [-0.25, -0.2) is 13.4 Å². The van der Waals surface area contributed by atoms with Crippen LogP contribution in [0.2, 0.25) is 5.15 Å². The second kappa shape index (κ2) is 7.51. The molecule has 1 N–H and O–H groups in total. The average molecular weight is 381 g/mol. The number of nitrogens with one attached hydrogen (secondary N) is 1. The van der Waals surface area contributed by atoms with Crippen LogP contribution in [0.25, 0.3) is 0 Å². The number of ether oxygens (including phenoxy) is 1. The third-order valence-electron chi connectivity index (χ3n) is 3.88. The lowest BCUT2D eigenvalue weighted by Gasteiger charge is -2.25. The number of carbonyl (C=O) groups is 1. The number of aromatic nitrogens is 1. The van der Waals surface area contributed by atoms with Gasteiger partial charge in [0, 0.05) is 6.20 Å². The zero-order valence-corrected chi connectivity index (χ0v) is 14.9. The molecule has 6 nitrogen and oxygen atoms in total. The summed E-state index contributed by atoms with van der Waals surface area (Å²) in [6.07, 6.45) is 1.68. The highest BCUT2D eigenvalue weighted by Crippen LogP contribution is 2.29. The van der Waals surface area contributed by atoms with E-state index in [1.54, 1.807) is 6.07 Å². The van der Waals surface area contributed by atoms with Crippen LogP contribution in [-0.2, 0) is 31.7 Å². The molecule has 1 atom stereocenters. The molecule has 0 saturated carbocycles. The van der Waals surface area contributed by atoms with Gasteiger partial charge in [0.15, 0.2) is 0 Å². The number of benzene rings is 1. The molecule has 0 unspecified atom stereocenters. The van der Waals surface area contributed by atoms with Gasteiger partial charge in [-0.2, -0.15) is 0 Å². The molecule has 0 spiro atoms. The first kappa shape index (κ1) is 17.8. The molecule has 0 bridgehead atoms. The molecule has 1 aliphatic heterocycles. The Morgan fingerprint density at radius 2 is 2.08 bits per heavy atom. The fourth-order valence-electron chi connectivity index (χ4n) is 2.78. The first-order chi connectivity index (χ1) is 11.9. The zero-order valence-electron chi connectivity index (χ0n) is 13.3. The fourth-order valence-corrected chi connectivity index (χ4v) is 4.00. The zero-order chi connectivity index (χ0) is 17.9. The molecule has 1 aliphatic rings. The van der Waals surface area contributed by atoms with E-state index in [4.69, 9.17) is 16.3 Å². The van der Waals surface area contributed by atoms with Crippen LogP contribution in [0.15, 0.2) is 42.6 Å². The van der Waals surface area contributed by atoms with Gasteiger partial charge in [0.2, 0.25) is 15.9 Å². The Kier molecular flexibility index (Phi) is 5.36. The number of nitrogens with zero attached hydrogens (tertiary/aromatic N) is 1. The van der Waals surface area contributed by atoms with E-state index in [2.05, 4.69) is 9.71 Å². The second-order valence-electron chi connectivity index (χ2n) is 5.79. The number of carbonyl (C=O) groups excluding carboxylic acids is 1. The fraction of sp³-hybridized carbons (Fsp3) is 0.294. The number of halogens is 1. The van der Waals surface area contributed by atoms with Crippen molar-refractivity contribution in [2.75, 3.05) is 6.61 Å². The third-order valence-corrected chi connectivity index (χ3v) is 5.35. The highest BCUT2D eigenvalue weighted by molar-refractivity contribution is 7.89. The lowest BCUT2D eigenvalue weighted by atomic mass is 9.96. The SMILES string of the molecule is O=C(C[C@H]1OCCc2ccccc21)NS(=O)(=O)Cc1ccc(Cl)nc1. The number of hydrogen-bond donors (Lipinski definition) is 1. The molecule has 1 aromatic carbocycles. The maximum Gasteiger partial charge on any atom is 0.239 e. The van der Waals surface area contributed by atoms with Crippen LogP contribution in [-0.4, -0.2) is 25.9 Å². The lowest BCUT2D eigenvalue weighted by Crippen LogP contribution is -2.33. The van der Waals surface area contributed by atoms with Gasteiger partial charge in [0.25, 0.3) is 0 Å². The van der Waals surface area contributed by atoms with E-state index < -0.39 is 22.0 Å². The minimum atomic E-state index is -3.81. The standard InChI is InChI=1S/C17H17ClN2O4S/c18-16-6-5-12(10-19-16)11-25(22,23)20-17(21)9-15-14-4-2-1-3-13(14)7-8-24-15/h1-6,10,15H,7-9,11H2,(H,20,21)/t15-/m1/s1. The van der Waals surface area contributed by atoms with Gasteiger partial charge in [-0.1, -0.05) is 41.9 Å². The van der Waals surface area contributed by atoms with Crippen LogP contribution < -0.4 is 4.72 Å².